The molecular weight excluding hydrogens is 311 g/mol. The summed E-state index contributed by atoms with van der Waals surface area (Å²) in [5, 5.41) is 3.42. The van der Waals surface area contributed by atoms with Crippen LogP contribution in [0.25, 0.3) is 0 Å². The van der Waals surface area contributed by atoms with Gasteiger partial charge in [-0.15, -0.1) is 0 Å². The van der Waals surface area contributed by atoms with Gasteiger partial charge in [0.15, 0.2) is 0 Å². The van der Waals surface area contributed by atoms with Crippen molar-refractivity contribution in [1.29, 1.82) is 0 Å². The number of halogens is 2. The molecule has 8 heteroatoms. The Labute approximate surface area is 119 Å². The van der Waals surface area contributed by atoms with Crippen molar-refractivity contribution in [3.63, 3.8) is 0 Å². The molecule has 2 rings (SSSR count). The molecule has 0 bridgehead atoms. The van der Waals surface area contributed by atoms with Gasteiger partial charge < -0.3 is 5.73 Å². The van der Waals surface area contributed by atoms with Gasteiger partial charge in [-0.05, 0) is 23.6 Å². The van der Waals surface area contributed by atoms with Gasteiger partial charge in [0.25, 0.3) is 10.0 Å². The maximum Gasteiger partial charge on any atom is 0.264 e. The van der Waals surface area contributed by atoms with E-state index in [9.17, 15) is 12.8 Å². The maximum atomic E-state index is 14.0. The predicted molar refractivity (Wildman–Crippen MR) is 74.4 cm³/mol. The first kappa shape index (κ1) is 14.3. The van der Waals surface area contributed by atoms with Crippen LogP contribution in [0.3, 0.4) is 0 Å². The zero-order chi connectivity index (χ0) is 14.0. The van der Waals surface area contributed by atoms with E-state index in [4.69, 9.17) is 17.3 Å². The summed E-state index contributed by atoms with van der Waals surface area (Å²) >= 11 is 7.10. The standard InChI is InChI=1S/C11H10ClFN2O2S2/c12-8-3-7(5-14)11(13)10(4-8)19(16,17)15-9-1-2-18-6-9/h1-4,6,15H,5,14H2. The van der Waals surface area contributed by atoms with Crippen molar-refractivity contribution >= 4 is 38.6 Å². The summed E-state index contributed by atoms with van der Waals surface area (Å²) in [6.45, 7) is -0.132. The number of anilines is 1. The minimum absolute atomic E-state index is 0.0539. The minimum Gasteiger partial charge on any atom is -0.326 e. The molecule has 19 heavy (non-hydrogen) atoms. The van der Waals surface area contributed by atoms with E-state index in [1.807, 2.05) is 0 Å². The molecule has 0 saturated heterocycles. The molecule has 4 nitrogen and oxygen atoms in total. The Bertz CT molecular complexity index is 687. The fraction of sp³-hybridized carbons (Fsp3) is 0.0909. The second-order valence-electron chi connectivity index (χ2n) is 3.70. The van der Waals surface area contributed by atoms with Crippen molar-refractivity contribution in [2.75, 3.05) is 4.72 Å². The summed E-state index contributed by atoms with van der Waals surface area (Å²) in [5.74, 6) is -0.880. The highest BCUT2D eigenvalue weighted by Crippen LogP contribution is 2.26. The van der Waals surface area contributed by atoms with Crippen molar-refractivity contribution in [3.8, 4) is 0 Å². The third-order valence-corrected chi connectivity index (χ3v) is 4.64. The molecular formula is C11H10ClFN2O2S2. The molecule has 102 valence electrons. The molecule has 0 fully saturated rings. The molecule has 0 amide bonds. The van der Waals surface area contributed by atoms with Gasteiger partial charge in [0.2, 0.25) is 0 Å². The van der Waals surface area contributed by atoms with Gasteiger partial charge in [-0.3, -0.25) is 4.72 Å². The SMILES string of the molecule is NCc1cc(Cl)cc(S(=O)(=O)Nc2ccsc2)c1F. The minimum atomic E-state index is -4.03. The molecule has 1 aromatic carbocycles. The highest BCUT2D eigenvalue weighted by molar-refractivity contribution is 7.92. The van der Waals surface area contributed by atoms with Gasteiger partial charge in [0.1, 0.15) is 10.7 Å². The van der Waals surface area contributed by atoms with Crippen LogP contribution >= 0.6 is 22.9 Å². The molecule has 2 aromatic rings. The lowest BCUT2D eigenvalue weighted by molar-refractivity contribution is 0.561. The third kappa shape index (κ3) is 3.06. The highest BCUT2D eigenvalue weighted by atomic mass is 35.5. The summed E-state index contributed by atoms with van der Waals surface area (Å²) in [6.07, 6.45) is 0. The van der Waals surface area contributed by atoms with Gasteiger partial charge in [0.05, 0.1) is 5.69 Å². The van der Waals surface area contributed by atoms with E-state index in [2.05, 4.69) is 4.72 Å². The van der Waals surface area contributed by atoms with E-state index in [0.717, 1.165) is 6.07 Å². The number of thiophene rings is 1. The van der Waals surface area contributed by atoms with Crippen LogP contribution in [-0.4, -0.2) is 8.42 Å². The van der Waals surface area contributed by atoms with Crippen LogP contribution in [0.5, 0.6) is 0 Å². The zero-order valence-electron chi connectivity index (χ0n) is 9.56. The predicted octanol–water partition coefficient (Wildman–Crippen LogP) is 2.80. The van der Waals surface area contributed by atoms with E-state index in [-0.39, 0.29) is 17.1 Å². The first-order valence-electron chi connectivity index (χ1n) is 5.17. The number of sulfonamides is 1. The smallest absolute Gasteiger partial charge is 0.264 e. The number of hydrogen-bond acceptors (Lipinski definition) is 4. The van der Waals surface area contributed by atoms with E-state index in [1.165, 1.54) is 17.4 Å². The van der Waals surface area contributed by atoms with Gasteiger partial charge in [0, 0.05) is 22.5 Å². The second kappa shape index (κ2) is 5.46. The fourth-order valence-corrected chi connectivity index (χ4v) is 3.66. The number of hydrogen-bond donors (Lipinski definition) is 2. The van der Waals surface area contributed by atoms with Crippen molar-refractivity contribution < 1.29 is 12.8 Å². The molecule has 0 unspecified atom stereocenters. The summed E-state index contributed by atoms with van der Waals surface area (Å²) in [7, 11) is -4.03. The molecule has 0 spiro atoms. The van der Waals surface area contributed by atoms with Crippen LogP contribution in [0, 0.1) is 5.82 Å². The van der Waals surface area contributed by atoms with Gasteiger partial charge in [-0.1, -0.05) is 11.6 Å². The van der Waals surface area contributed by atoms with E-state index in [0.29, 0.717) is 5.69 Å². The monoisotopic (exact) mass is 320 g/mol. The average Bonchev–Trinajstić information content (AvgIpc) is 2.83. The quantitative estimate of drug-likeness (QED) is 0.910. The van der Waals surface area contributed by atoms with Gasteiger partial charge in [-0.2, -0.15) is 11.3 Å². The summed E-state index contributed by atoms with van der Waals surface area (Å²) in [5.41, 5.74) is 5.78. The van der Waals surface area contributed by atoms with E-state index in [1.54, 1.807) is 16.8 Å². The molecule has 3 N–H and O–H groups in total. The van der Waals surface area contributed by atoms with Crippen LogP contribution in [0.15, 0.2) is 33.9 Å². The van der Waals surface area contributed by atoms with Gasteiger partial charge >= 0.3 is 0 Å². The first-order chi connectivity index (χ1) is 8.94. The number of benzene rings is 1. The summed E-state index contributed by atoms with van der Waals surface area (Å²) < 4.78 is 40.5. The largest absolute Gasteiger partial charge is 0.326 e. The molecule has 0 aliphatic carbocycles. The Hall–Kier alpha value is -1.15. The lowest BCUT2D eigenvalue weighted by atomic mass is 10.2. The van der Waals surface area contributed by atoms with Crippen molar-refractivity contribution in [1.82, 2.24) is 0 Å². The topological polar surface area (TPSA) is 72.2 Å². The van der Waals surface area contributed by atoms with E-state index >= 15 is 0 Å². The molecule has 0 aliphatic heterocycles. The Morgan fingerprint density at radius 3 is 2.74 bits per heavy atom. The lowest BCUT2D eigenvalue weighted by Gasteiger charge is -2.10. The Balaban J connectivity index is 2.48. The molecule has 1 heterocycles. The third-order valence-electron chi connectivity index (χ3n) is 2.36. The molecule has 0 atom stereocenters. The van der Waals surface area contributed by atoms with Crippen molar-refractivity contribution in [3.05, 3.63) is 45.4 Å². The summed E-state index contributed by atoms with van der Waals surface area (Å²) in [4.78, 5) is -0.508. The average molecular weight is 321 g/mol. The molecule has 1 aromatic heterocycles. The first-order valence-corrected chi connectivity index (χ1v) is 7.97. The van der Waals surface area contributed by atoms with Crippen LogP contribution in [-0.2, 0) is 16.6 Å². The van der Waals surface area contributed by atoms with Crippen LogP contribution in [0.1, 0.15) is 5.56 Å². The van der Waals surface area contributed by atoms with Crippen LogP contribution in [0.4, 0.5) is 10.1 Å². The molecule has 0 saturated carbocycles. The fourth-order valence-electron chi connectivity index (χ4n) is 1.50. The highest BCUT2D eigenvalue weighted by Gasteiger charge is 2.22. The second-order valence-corrected chi connectivity index (χ2v) is 6.57. The molecule has 0 aliphatic rings. The molecule has 0 radical (unpaired) electrons. The van der Waals surface area contributed by atoms with Crippen LogP contribution < -0.4 is 10.5 Å². The Morgan fingerprint density at radius 1 is 1.42 bits per heavy atom. The Kier molecular flexibility index (Phi) is 4.10. The normalized spacial score (nSPS) is 11.5. The van der Waals surface area contributed by atoms with Crippen molar-refractivity contribution in [2.45, 2.75) is 11.4 Å². The number of rotatable bonds is 4. The van der Waals surface area contributed by atoms with E-state index < -0.39 is 20.7 Å². The van der Waals surface area contributed by atoms with Crippen molar-refractivity contribution in [2.24, 2.45) is 5.73 Å². The lowest BCUT2D eigenvalue weighted by Crippen LogP contribution is -2.16. The zero-order valence-corrected chi connectivity index (χ0v) is 11.9. The summed E-state index contributed by atoms with van der Waals surface area (Å²) in [6, 6.07) is 3.94. The Morgan fingerprint density at radius 2 is 2.16 bits per heavy atom. The number of nitrogens with two attached hydrogens (primary N) is 1. The number of nitrogens with one attached hydrogen (secondary N) is 1. The van der Waals surface area contributed by atoms with Crippen LogP contribution in [0.2, 0.25) is 5.02 Å². The maximum absolute atomic E-state index is 14.0. The van der Waals surface area contributed by atoms with Gasteiger partial charge in [-0.25, -0.2) is 12.8 Å².